The van der Waals surface area contributed by atoms with Gasteiger partial charge in [0.2, 0.25) is 0 Å². The minimum Gasteiger partial charge on any atom is -0.496 e. The molecule has 0 bridgehead atoms. The average Bonchev–Trinajstić information content (AvgIpc) is 2.76. The van der Waals surface area contributed by atoms with E-state index in [1.165, 1.54) is 5.56 Å². The van der Waals surface area contributed by atoms with Crippen molar-refractivity contribution in [2.45, 2.75) is 13.3 Å². The van der Waals surface area contributed by atoms with Crippen LogP contribution < -0.4 is 10.1 Å². The molecule has 1 amide bonds. The molecule has 0 atom stereocenters. The van der Waals surface area contributed by atoms with Crippen LogP contribution in [0.3, 0.4) is 0 Å². The number of anilines is 1. The molecule has 0 spiro atoms. The van der Waals surface area contributed by atoms with E-state index in [0.717, 1.165) is 44.2 Å². The zero-order valence-electron chi connectivity index (χ0n) is 16.9. The van der Waals surface area contributed by atoms with Gasteiger partial charge in [0.05, 0.1) is 11.6 Å². The third kappa shape index (κ3) is 4.24. The minimum absolute atomic E-state index is 0.0969. The Morgan fingerprint density at radius 3 is 2.40 bits per heavy atom. The number of benzene rings is 4. The highest BCUT2D eigenvalue weighted by molar-refractivity contribution is 9.10. The van der Waals surface area contributed by atoms with Gasteiger partial charge in [-0.1, -0.05) is 54.6 Å². The lowest BCUT2D eigenvalue weighted by molar-refractivity contribution is 0.102. The standard InChI is InChI=1S/C26H22BrNO2/c1-17-5-3-4-6-23(17)28-26(29)20-10-7-18(8-11-20)15-19-9-13-22-21(16-19)12-14-24(30-2)25(22)27/h3-14,16H,15H2,1-2H3,(H,28,29). The first-order valence-electron chi connectivity index (χ1n) is 9.76. The number of fused-ring (bicyclic) bond motifs is 1. The fraction of sp³-hybridized carbons (Fsp3) is 0.115. The maximum Gasteiger partial charge on any atom is 0.255 e. The van der Waals surface area contributed by atoms with Crippen molar-refractivity contribution in [1.29, 1.82) is 0 Å². The molecule has 0 heterocycles. The molecule has 30 heavy (non-hydrogen) atoms. The number of carbonyl (C=O) groups is 1. The van der Waals surface area contributed by atoms with Crippen molar-refractivity contribution in [1.82, 2.24) is 0 Å². The van der Waals surface area contributed by atoms with E-state index < -0.39 is 0 Å². The number of aryl methyl sites for hydroxylation is 1. The van der Waals surface area contributed by atoms with Gasteiger partial charge in [-0.2, -0.15) is 0 Å². The summed E-state index contributed by atoms with van der Waals surface area (Å²) >= 11 is 3.62. The largest absolute Gasteiger partial charge is 0.496 e. The average molecular weight is 460 g/mol. The van der Waals surface area contributed by atoms with Crippen molar-refractivity contribution < 1.29 is 9.53 Å². The Morgan fingerprint density at radius 1 is 0.933 bits per heavy atom. The van der Waals surface area contributed by atoms with Crippen LogP contribution >= 0.6 is 15.9 Å². The minimum atomic E-state index is -0.0969. The summed E-state index contributed by atoms with van der Waals surface area (Å²) < 4.78 is 6.34. The zero-order chi connectivity index (χ0) is 21.1. The number of ether oxygens (including phenoxy) is 1. The summed E-state index contributed by atoms with van der Waals surface area (Å²) in [6.07, 6.45) is 0.805. The number of halogens is 1. The van der Waals surface area contributed by atoms with Gasteiger partial charge < -0.3 is 10.1 Å². The number of methoxy groups -OCH3 is 1. The van der Waals surface area contributed by atoms with Gasteiger partial charge in [-0.15, -0.1) is 0 Å². The molecular weight excluding hydrogens is 438 g/mol. The molecule has 4 heteroatoms. The molecule has 0 unspecified atom stereocenters. The lowest BCUT2D eigenvalue weighted by Crippen LogP contribution is -2.12. The Hall–Kier alpha value is -3.11. The van der Waals surface area contributed by atoms with Gasteiger partial charge in [0.1, 0.15) is 5.75 Å². The van der Waals surface area contributed by atoms with Crippen molar-refractivity contribution in [2.75, 3.05) is 12.4 Å². The van der Waals surface area contributed by atoms with Crippen LogP contribution in [0.1, 0.15) is 27.0 Å². The van der Waals surface area contributed by atoms with Gasteiger partial charge in [-0.3, -0.25) is 4.79 Å². The van der Waals surface area contributed by atoms with Crippen molar-refractivity contribution in [3.8, 4) is 5.75 Å². The Bertz CT molecular complexity index is 1220. The molecule has 0 radical (unpaired) electrons. The molecule has 0 aromatic heterocycles. The highest BCUT2D eigenvalue weighted by Crippen LogP contribution is 2.33. The predicted molar refractivity (Wildman–Crippen MR) is 127 cm³/mol. The summed E-state index contributed by atoms with van der Waals surface area (Å²) in [4.78, 5) is 12.5. The van der Waals surface area contributed by atoms with E-state index in [1.54, 1.807) is 7.11 Å². The van der Waals surface area contributed by atoms with Crippen LogP contribution in [0.4, 0.5) is 5.69 Å². The lowest BCUT2D eigenvalue weighted by Gasteiger charge is -2.10. The van der Waals surface area contributed by atoms with Gasteiger partial charge in [0.25, 0.3) is 5.91 Å². The Morgan fingerprint density at radius 2 is 1.67 bits per heavy atom. The summed E-state index contributed by atoms with van der Waals surface area (Å²) in [7, 11) is 1.67. The normalized spacial score (nSPS) is 10.8. The SMILES string of the molecule is COc1ccc2cc(Cc3ccc(C(=O)Nc4ccccc4C)cc3)ccc2c1Br. The number of hydrogen-bond acceptors (Lipinski definition) is 2. The smallest absolute Gasteiger partial charge is 0.255 e. The van der Waals surface area contributed by atoms with E-state index in [9.17, 15) is 4.79 Å². The Balaban J connectivity index is 1.49. The van der Waals surface area contributed by atoms with E-state index in [0.29, 0.717) is 5.56 Å². The quantitative estimate of drug-likeness (QED) is 0.357. The number of hydrogen-bond donors (Lipinski definition) is 1. The summed E-state index contributed by atoms with van der Waals surface area (Å²) in [5.41, 5.74) is 4.91. The van der Waals surface area contributed by atoms with Gasteiger partial charge in [0.15, 0.2) is 0 Å². The van der Waals surface area contributed by atoms with Crippen LogP contribution in [-0.4, -0.2) is 13.0 Å². The molecule has 0 saturated heterocycles. The molecular formula is C26H22BrNO2. The first-order valence-corrected chi connectivity index (χ1v) is 10.6. The van der Waals surface area contributed by atoms with Crippen molar-refractivity contribution in [3.05, 3.63) is 106 Å². The number of rotatable bonds is 5. The monoisotopic (exact) mass is 459 g/mol. The van der Waals surface area contributed by atoms with Crippen LogP contribution in [0.2, 0.25) is 0 Å². The summed E-state index contributed by atoms with van der Waals surface area (Å²) in [5, 5.41) is 5.26. The Labute approximate surface area is 184 Å². The molecule has 0 saturated carbocycles. The fourth-order valence-corrected chi connectivity index (χ4v) is 4.16. The maximum atomic E-state index is 12.5. The highest BCUT2D eigenvalue weighted by Gasteiger charge is 2.09. The zero-order valence-corrected chi connectivity index (χ0v) is 18.5. The van der Waals surface area contributed by atoms with Crippen molar-refractivity contribution in [3.63, 3.8) is 0 Å². The molecule has 3 nitrogen and oxygen atoms in total. The molecule has 1 N–H and O–H groups in total. The predicted octanol–water partition coefficient (Wildman–Crippen LogP) is 6.76. The molecule has 4 rings (SSSR count). The summed E-state index contributed by atoms with van der Waals surface area (Å²) in [5.74, 6) is 0.732. The van der Waals surface area contributed by atoms with Crippen molar-refractivity contribution >= 4 is 38.3 Å². The van der Waals surface area contributed by atoms with Crippen LogP contribution in [0.25, 0.3) is 10.8 Å². The van der Waals surface area contributed by atoms with Gasteiger partial charge in [0, 0.05) is 11.3 Å². The van der Waals surface area contributed by atoms with Gasteiger partial charge >= 0.3 is 0 Å². The van der Waals surface area contributed by atoms with Crippen molar-refractivity contribution in [2.24, 2.45) is 0 Å². The summed E-state index contributed by atoms with van der Waals surface area (Å²) in [6.45, 7) is 1.98. The van der Waals surface area contributed by atoms with Crippen LogP contribution in [0.15, 0.2) is 83.3 Å². The van der Waals surface area contributed by atoms with E-state index in [-0.39, 0.29) is 5.91 Å². The van der Waals surface area contributed by atoms with E-state index >= 15 is 0 Å². The van der Waals surface area contributed by atoms with Crippen LogP contribution in [0.5, 0.6) is 5.75 Å². The van der Waals surface area contributed by atoms with Crippen LogP contribution in [0, 0.1) is 6.92 Å². The first kappa shape index (κ1) is 20.2. The van der Waals surface area contributed by atoms with Gasteiger partial charge in [-0.25, -0.2) is 0 Å². The molecule has 0 fully saturated rings. The fourth-order valence-electron chi connectivity index (χ4n) is 3.51. The van der Waals surface area contributed by atoms with E-state index in [2.05, 4.69) is 45.5 Å². The number of para-hydroxylation sites is 1. The van der Waals surface area contributed by atoms with E-state index in [4.69, 9.17) is 4.74 Å². The maximum absolute atomic E-state index is 12.5. The third-order valence-corrected chi connectivity index (χ3v) is 6.04. The molecule has 4 aromatic rings. The summed E-state index contributed by atoms with van der Waals surface area (Å²) in [6, 6.07) is 26.0. The van der Waals surface area contributed by atoms with E-state index in [1.807, 2.05) is 61.5 Å². The molecule has 0 aliphatic rings. The second-order valence-corrected chi connectivity index (χ2v) is 8.07. The third-order valence-electron chi connectivity index (χ3n) is 5.22. The topological polar surface area (TPSA) is 38.3 Å². The number of amides is 1. The number of carbonyl (C=O) groups excluding carboxylic acids is 1. The molecule has 4 aromatic carbocycles. The lowest BCUT2D eigenvalue weighted by atomic mass is 10.00. The van der Waals surface area contributed by atoms with Gasteiger partial charge in [-0.05, 0) is 81.0 Å². The second-order valence-electron chi connectivity index (χ2n) is 7.28. The Kier molecular flexibility index (Phi) is 5.86. The molecule has 0 aliphatic heterocycles. The molecule has 150 valence electrons. The second kappa shape index (κ2) is 8.72. The van der Waals surface area contributed by atoms with Crippen LogP contribution in [-0.2, 0) is 6.42 Å². The first-order chi connectivity index (χ1) is 14.5. The number of nitrogens with one attached hydrogen (secondary N) is 1. The highest BCUT2D eigenvalue weighted by atomic mass is 79.9. The molecule has 0 aliphatic carbocycles.